The number of aryl methyl sites for hydroxylation is 1. The molecule has 3 rings (SSSR count). The number of methoxy groups -OCH3 is 1. The zero-order valence-corrected chi connectivity index (χ0v) is 14.8. The molecule has 24 heavy (non-hydrogen) atoms. The first-order valence-corrected chi connectivity index (χ1v) is 8.09. The number of rotatable bonds is 2. The highest BCUT2D eigenvalue weighted by Crippen LogP contribution is 2.22. The number of esters is 1. The van der Waals surface area contributed by atoms with Crippen LogP contribution in [0.3, 0.4) is 0 Å². The van der Waals surface area contributed by atoms with Crippen LogP contribution in [0.25, 0.3) is 10.9 Å². The number of hydrogen-bond donors (Lipinski definition) is 1. The molecule has 6 nitrogen and oxygen atoms in total. The molecule has 2 heterocycles. The van der Waals surface area contributed by atoms with Crippen LogP contribution in [0.1, 0.15) is 22.8 Å². The first-order valence-electron chi connectivity index (χ1n) is 8.09. The average Bonchev–Trinajstić information content (AvgIpc) is 3.01. The smallest absolute Gasteiger partial charge is 0.426 e. The van der Waals surface area contributed by atoms with Crippen molar-refractivity contribution in [3.8, 4) is 0 Å². The monoisotopic (exact) mass is 329 g/mol. The molecule has 1 saturated heterocycles. The van der Waals surface area contributed by atoms with Crippen molar-refractivity contribution in [1.29, 1.82) is 0 Å². The summed E-state index contributed by atoms with van der Waals surface area (Å²) < 4.78 is 20.1. The van der Waals surface area contributed by atoms with Gasteiger partial charge in [-0.25, -0.2) is 4.79 Å². The van der Waals surface area contributed by atoms with E-state index in [-0.39, 0.29) is 27.3 Å². The van der Waals surface area contributed by atoms with Crippen LogP contribution >= 0.6 is 0 Å². The Hall–Kier alpha value is -1.70. The van der Waals surface area contributed by atoms with Crippen molar-refractivity contribution in [3.63, 3.8) is 0 Å². The summed E-state index contributed by atoms with van der Waals surface area (Å²) in [5.74, 6) is -0.269. The van der Waals surface area contributed by atoms with Crippen LogP contribution in [-0.2, 0) is 24.9 Å². The molecule has 9 heteroatoms. The predicted molar refractivity (Wildman–Crippen MR) is 97.1 cm³/mol. The number of fused-ring (bicyclic) bond motifs is 1. The van der Waals surface area contributed by atoms with Gasteiger partial charge in [-0.05, 0) is 50.7 Å². The van der Waals surface area contributed by atoms with Gasteiger partial charge in [-0.3, -0.25) is 0 Å². The molecule has 126 valence electrons. The Morgan fingerprint density at radius 3 is 2.17 bits per heavy atom. The molecule has 0 aliphatic carbocycles. The van der Waals surface area contributed by atoms with Crippen molar-refractivity contribution in [3.05, 3.63) is 35.5 Å². The summed E-state index contributed by atoms with van der Waals surface area (Å²) in [5.41, 5.74) is 2.76. The van der Waals surface area contributed by atoms with Crippen LogP contribution < -0.4 is 0 Å². The Kier molecular flexibility index (Phi) is 6.54. The normalized spacial score (nSPS) is 14.5. The van der Waals surface area contributed by atoms with E-state index in [4.69, 9.17) is 18.5 Å². The molecule has 1 aliphatic rings. The van der Waals surface area contributed by atoms with E-state index in [1.54, 1.807) is 0 Å². The Labute approximate surface area is 143 Å². The van der Waals surface area contributed by atoms with E-state index in [0.29, 0.717) is 5.56 Å². The molecular formula is C15H22B3NO5. The van der Waals surface area contributed by atoms with Crippen molar-refractivity contribution in [1.82, 2.24) is 4.98 Å². The molecule has 1 aromatic carbocycles. The van der Waals surface area contributed by atoms with Gasteiger partial charge in [0.1, 0.15) is 0 Å². The van der Waals surface area contributed by atoms with Crippen molar-refractivity contribution in [2.45, 2.75) is 33.8 Å². The summed E-state index contributed by atoms with van der Waals surface area (Å²) in [7, 11) is 1.000. The first-order chi connectivity index (χ1) is 11.5. The maximum absolute atomic E-state index is 11.5. The van der Waals surface area contributed by atoms with Gasteiger partial charge >= 0.3 is 27.3 Å². The predicted octanol–water partition coefficient (Wildman–Crippen LogP) is 2.92. The van der Waals surface area contributed by atoms with Crippen LogP contribution in [0.15, 0.2) is 24.4 Å². The molecule has 0 radical (unpaired) electrons. The molecule has 0 amide bonds. The molecule has 0 bridgehead atoms. The minimum Gasteiger partial charge on any atom is -0.465 e. The van der Waals surface area contributed by atoms with Crippen LogP contribution in [0.2, 0.25) is 20.5 Å². The maximum atomic E-state index is 11.5. The topological polar surface area (TPSA) is 69.8 Å². The number of aromatic nitrogens is 1. The highest BCUT2D eigenvalue weighted by atomic mass is 16.7. The molecule has 1 aromatic heterocycles. The summed E-state index contributed by atoms with van der Waals surface area (Å²) in [4.78, 5) is 14.7. The number of ether oxygens (including phenoxy) is 1. The largest absolute Gasteiger partial charge is 0.465 e. The van der Waals surface area contributed by atoms with Crippen molar-refractivity contribution in [2.75, 3.05) is 7.11 Å². The Balaban J connectivity index is 0.000000198. The lowest BCUT2D eigenvalue weighted by atomic mass is 9.74. The van der Waals surface area contributed by atoms with Gasteiger partial charge in [-0.15, -0.1) is 0 Å². The minimum absolute atomic E-state index is 0.135. The summed E-state index contributed by atoms with van der Waals surface area (Å²) in [6.07, 6.45) is 2.70. The molecule has 1 aliphatic heterocycles. The standard InChI is InChI=1S/C12H13NO2.C3H9B3O3/c1-3-8-9-6-7-13-11(9)5-4-10(8)12(14)15-2;1-4-7-5(2)9-6(3)8-4/h4-7,13H,3H2,1-2H3;1-3H3. The van der Waals surface area contributed by atoms with Crippen LogP contribution in [-0.4, -0.2) is 39.4 Å². The number of nitrogens with one attached hydrogen (secondary N) is 1. The van der Waals surface area contributed by atoms with Gasteiger partial charge in [0.05, 0.1) is 12.7 Å². The second-order valence-corrected chi connectivity index (χ2v) is 5.49. The molecule has 1 fully saturated rings. The van der Waals surface area contributed by atoms with E-state index in [9.17, 15) is 4.79 Å². The van der Waals surface area contributed by atoms with E-state index in [1.807, 2.05) is 51.8 Å². The van der Waals surface area contributed by atoms with Crippen LogP contribution in [0.4, 0.5) is 0 Å². The highest BCUT2D eigenvalue weighted by Gasteiger charge is 2.31. The minimum atomic E-state index is -0.269. The summed E-state index contributed by atoms with van der Waals surface area (Å²) >= 11 is 0. The SMILES string of the molecule is CB1OB(C)OB(C)O1.CCc1c(C(=O)OC)ccc2[nH]ccc12. The Bertz CT molecular complexity index is 668. The van der Waals surface area contributed by atoms with Gasteiger partial charge in [0.15, 0.2) is 0 Å². The van der Waals surface area contributed by atoms with Gasteiger partial charge < -0.3 is 23.4 Å². The quantitative estimate of drug-likeness (QED) is 0.678. The average molecular weight is 329 g/mol. The maximum Gasteiger partial charge on any atom is 0.426 e. The number of aromatic amines is 1. The fourth-order valence-electron chi connectivity index (χ4n) is 2.78. The van der Waals surface area contributed by atoms with Gasteiger partial charge in [0, 0.05) is 17.1 Å². The van der Waals surface area contributed by atoms with Crippen molar-refractivity contribution < 1.29 is 23.2 Å². The second-order valence-electron chi connectivity index (χ2n) is 5.49. The summed E-state index contributed by atoms with van der Waals surface area (Å²) in [6.45, 7) is 7.61. The van der Waals surface area contributed by atoms with E-state index in [0.717, 1.165) is 22.9 Å². The summed E-state index contributed by atoms with van der Waals surface area (Å²) in [6, 6.07) is 5.70. The van der Waals surface area contributed by atoms with Gasteiger partial charge in [0.2, 0.25) is 0 Å². The van der Waals surface area contributed by atoms with E-state index in [2.05, 4.69) is 4.98 Å². The van der Waals surface area contributed by atoms with Crippen LogP contribution in [0, 0.1) is 0 Å². The fourth-order valence-corrected chi connectivity index (χ4v) is 2.78. The van der Waals surface area contributed by atoms with Crippen molar-refractivity contribution >= 4 is 38.2 Å². The number of carbonyl (C=O) groups is 1. The Morgan fingerprint density at radius 2 is 1.67 bits per heavy atom. The lowest BCUT2D eigenvalue weighted by Crippen LogP contribution is -2.44. The third kappa shape index (κ3) is 4.44. The number of benzene rings is 1. The fraction of sp³-hybridized carbons (Fsp3) is 0.400. The van der Waals surface area contributed by atoms with E-state index in [1.165, 1.54) is 7.11 Å². The zero-order chi connectivity index (χ0) is 17.7. The van der Waals surface area contributed by atoms with Crippen molar-refractivity contribution in [2.24, 2.45) is 0 Å². The molecular weight excluding hydrogens is 307 g/mol. The molecule has 0 saturated carbocycles. The molecule has 0 unspecified atom stereocenters. The molecule has 0 atom stereocenters. The number of H-pyrrole nitrogens is 1. The van der Waals surface area contributed by atoms with Crippen LogP contribution in [0.5, 0.6) is 0 Å². The lowest BCUT2D eigenvalue weighted by molar-refractivity contribution is 0.0599. The van der Waals surface area contributed by atoms with Gasteiger partial charge in [-0.1, -0.05) is 6.92 Å². The number of carbonyl (C=O) groups excluding carboxylic acids is 1. The lowest BCUT2D eigenvalue weighted by Gasteiger charge is -2.25. The van der Waals surface area contributed by atoms with Gasteiger partial charge in [-0.2, -0.15) is 0 Å². The van der Waals surface area contributed by atoms with E-state index >= 15 is 0 Å². The first kappa shape index (κ1) is 18.6. The molecule has 2 aromatic rings. The van der Waals surface area contributed by atoms with Gasteiger partial charge in [0.25, 0.3) is 0 Å². The molecule has 0 spiro atoms. The van der Waals surface area contributed by atoms with E-state index < -0.39 is 0 Å². The second kappa shape index (κ2) is 8.42. The number of hydrogen-bond acceptors (Lipinski definition) is 5. The summed E-state index contributed by atoms with van der Waals surface area (Å²) in [5, 5.41) is 1.10. The highest BCUT2D eigenvalue weighted by molar-refractivity contribution is 6.72. The third-order valence-electron chi connectivity index (χ3n) is 3.75. The zero-order valence-electron chi connectivity index (χ0n) is 14.8. The molecule has 1 N–H and O–H groups in total. The Morgan fingerprint density at radius 1 is 1.08 bits per heavy atom. The third-order valence-corrected chi connectivity index (χ3v) is 3.75.